The highest BCUT2D eigenvalue weighted by atomic mass is 32.2. The number of carbonyl (C=O) groups excluding carboxylic acids is 2. The van der Waals surface area contributed by atoms with Crippen molar-refractivity contribution in [1.29, 1.82) is 0 Å². The van der Waals surface area contributed by atoms with E-state index in [1.54, 1.807) is 24.3 Å². The number of para-hydroxylation sites is 1. The first-order chi connectivity index (χ1) is 14.1. The Morgan fingerprint density at radius 3 is 2.31 bits per heavy atom. The Hall–Kier alpha value is -3.06. The van der Waals surface area contributed by atoms with Gasteiger partial charge in [-0.05, 0) is 47.7 Å². The molecule has 1 amide bonds. The topological polar surface area (TPSA) is 62.2 Å². The SMILES string of the molecule is COC(=O)c1ccc(/C=C2\SC(N3CCN(c4ccccc4)CC3)=NC2=O)cc1. The van der Waals surface area contributed by atoms with Crippen molar-refractivity contribution in [3.8, 4) is 0 Å². The molecule has 2 aromatic carbocycles. The van der Waals surface area contributed by atoms with E-state index in [0.717, 1.165) is 36.9 Å². The summed E-state index contributed by atoms with van der Waals surface area (Å²) in [7, 11) is 1.35. The molecule has 0 spiro atoms. The minimum Gasteiger partial charge on any atom is -0.465 e. The molecule has 4 rings (SSSR count). The molecule has 2 aliphatic heterocycles. The molecule has 0 saturated carbocycles. The number of benzene rings is 2. The van der Waals surface area contributed by atoms with Gasteiger partial charge in [0.25, 0.3) is 5.91 Å². The number of carbonyl (C=O) groups is 2. The van der Waals surface area contributed by atoms with Gasteiger partial charge >= 0.3 is 5.97 Å². The zero-order valence-electron chi connectivity index (χ0n) is 16.1. The zero-order valence-corrected chi connectivity index (χ0v) is 16.9. The molecule has 7 heteroatoms. The predicted molar refractivity (Wildman–Crippen MR) is 116 cm³/mol. The van der Waals surface area contributed by atoms with Crippen molar-refractivity contribution in [1.82, 2.24) is 4.90 Å². The van der Waals surface area contributed by atoms with Gasteiger partial charge in [0.1, 0.15) is 0 Å². The van der Waals surface area contributed by atoms with Crippen LogP contribution < -0.4 is 4.90 Å². The van der Waals surface area contributed by atoms with Crippen LogP contribution in [0.1, 0.15) is 15.9 Å². The summed E-state index contributed by atoms with van der Waals surface area (Å²) >= 11 is 1.41. The summed E-state index contributed by atoms with van der Waals surface area (Å²) in [6.45, 7) is 3.45. The highest BCUT2D eigenvalue weighted by molar-refractivity contribution is 8.18. The molecule has 6 nitrogen and oxygen atoms in total. The van der Waals surface area contributed by atoms with E-state index in [1.807, 2.05) is 24.3 Å². The maximum absolute atomic E-state index is 12.4. The molecular weight excluding hydrogens is 386 g/mol. The van der Waals surface area contributed by atoms with Crippen LogP contribution in [0.4, 0.5) is 5.69 Å². The lowest BCUT2D eigenvalue weighted by Gasteiger charge is -2.36. The number of thioether (sulfide) groups is 1. The van der Waals surface area contributed by atoms with Crippen molar-refractivity contribution >= 4 is 40.6 Å². The van der Waals surface area contributed by atoms with Gasteiger partial charge < -0.3 is 14.5 Å². The molecule has 0 atom stereocenters. The zero-order chi connectivity index (χ0) is 20.2. The number of nitrogens with zero attached hydrogens (tertiary/aromatic N) is 3. The molecule has 0 N–H and O–H groups in total. The summed E-state index contributed by atoms with van der Waals surface area (Å²) in [6.07, 6.45) is 1.81. The van der Waals surface area contributed by atoms with Crippen LogP contribution in [-0.2, 0) is 9.53 Å². The summed E-state index contributed by atoms with van der Waals surface area (Å²) in [4.78, 5) is 33.2. The number of esters is 1. The van der Waals surface area contributed by atoms with Gasteiger partial charge in [-0.3, -0.25) is 4.79 Å². The molecule has 1 saturated heterocycles. The van der Waals surface area contributed by atoms with E-state index in [0.29, 0.717) is 10.5 Å². The van der Waals surface area contributed by atoms with Crippen molar-refractivity contribution in [2.45, 2.75) is 0 Å². The highest BCUT2D eigenvalue weighted by Gasteiger charge is 2.28. The van der Waals surface area contributed by atoms with Gasteiger partial charge in [0.05, 0.1) is 17.6 Å². The second kappa shape index (κ2) is 8.53. The van der Waals surface area contributed by atoms with Crippen LogP contribution >= 0.6 is 11.8 Å². The third kappa shape index (κ3) is 4.35. The lowest BCUT2D eigenvalue weighted by molar-refractivity contribution is -0.113. The third-order valence-corrected chi connectivity index (χ3v) is 5.95. The third-order valence-electron chi connectivity index (χ3n) is 4.91. The lowest BCUT2D eigenvalue weighted by Crippen LogP contribution is -2.47. The molecule has 0 radical (unpaired) electrons. The molecule has 0 aliphatic carbocycles. The number of anilines is 1. The number of hydrogen-bond donors (Lipinski definition) is 0. The molecule has 2 aromatic rings. The standard InChI is InChI=1S/C22H21N3O3S/c1-28-21(27)17-9-7-16(8-10-17)15-19-20(26)23-22(29-19)25-13-11-24(12-14-25)18-5-3-2-4-6-18/h2-10,15H,11-14H2,1H3/b19-15-. The van der Waals surface area contributed by atoms with Crippen molar-refractivity contribution < 1.29 is 14.3 Å². The normalized spacial score (nSPS) is 18.2. The predicted octanol–water partition coefficient (Wildman–Crippen LogP) is 3.27. The van der Waals surface area contributed by atoms with E-state index >= 15 is 0 Å². The summed E-state index contributed by atoms with van der Waals surface area (Å²) in [6, 6.07) is 17.3. The second-order valence-corrected chi connectivity index (χ2v) is 7.74. The largest absolute Gasteiger partial charge is 0.465 e. The van der Waals surface area contributed by atoms with Gasteiger partial charge in [-0.15, -0.1) is 0 Å². The van der Waals surface area contributed by atoms with Gasteiger partial charge in [0, 0.05) is 31.9 Å². The van der Waals surface area contributed by atoms with E-state index in [1.165, 1.54) is 24.6 Å². The van der Waals surface area contributed by atoms with Gasteiger partial charge in [-0.1, -0.05) is 30.3 Å². The van der Waals surface area contributed by atoms with Crippen molar-refractivity contribution in [2.24, 2.45) is 4.99 Å². The van der Waals surface area contributed by atoms with Gasteiger partial charge in [-0.25, -0.2) is 4.79 Å². The van der Waals surface area contributed by atoms with Crippen molar-refractivity contribution in [3.63, 3.8) is 0 Å². The first kappa shape index (κ1) is 19.3. The van der Waals surface area contributed by atoms with Gasteiger partial charge in [-0.2, -0.15) is 4.99 Å². The van der Waals surface area contributed by atoms with E-state index in [-0.39, 0.29) is 11.9 Å². The van der Waals surface area contributed by atoms with Crippen LogP contribution in [0, 0.1) is 0 Å². The fraction of sp³-hybridized carbons (Fsp3) is 0.227. The number of methoxy groups -OCH3 is 1. The number of ether oxygens (including phenoxy) is 1. The maximum Gasteiger partial charge on any atom is 0.337 e. The molecule has 1 fully saturated rings. The van der Waals surface area contributed by atoms with Crippen LogP contribution in [0.3, 0.4) is 0 Å². The number of amides is 1. The lowest BCUT2D eigenvalue weighted by atomic mass is 10.1. The average molecular weight is 407 g/mol. The molecule has 148 valence electrons. The van der Waals surface area contributed by atoms with E-state index in [4.69, 9.17) is 4.74 Å². The number of rotatable bonds is 3. The molecule has 0 unspecified atom stereocenters. The minimum atomic E-state index is -0.379. The molecular formula is C22H21N3O3S. The fourth-order valence-electron chi connectivity index (χ4n) is 3.31. The maximum atomic E-state index is 12.4. The average Bonchev–Trinajstić information content (AvgIpc) is 3.14. The van der Waals surface area contributed by atoms with E-state index in [9.17, 15) is 9.59 Å². The van der Waals surface area contributed by atoms with Gasteiger partial charge in [0.2, 0.25) is 0 Å². The first-order valence-corrected chi connectivity index (χ1v) is 10.2. The number of piperazine rings is 1. The summed E-state index contributed by atoms with van der Waals surface area (Å²) < 4.78 is 4.70. The molecule has 2 heterocycles. The number of amidine groups is 1. The van der Waals surface area contributed by atoms with Crippen LogP contribution in [0.5, 0.6) is 0 Å². The van der Waals surface area contributed by atoms with E-state index < -0.39 is 0 Å². The molecule has 2 aliphatic rings. The van der Waals surface area contributed by atoms with Crippen LogP contribution in [0.2, 0.25) is 0 Å². The molecule has 0 bridgehead atoms. The summed E-state index contributed by atoms with van der Waals surface area (Å²) in [5, 5.41) is 0.764. The quantitative estimate of drug-likeness (QED) is 0.575. The first-order valence-electron chi connectivity index (χ1n) is 9.40. The van der Waals surface area contributed by atoms with Crippen molar-refractivity contribution in [3.05, 3.63) is 70.6 Å². The Kier molecular flexibility index (Phi) is 5.67. The Morgan fingerprint density at radius 1 is 1.00 bits per heavy atom. The van der Waals surface area contributed by atoms with Crippen molar-refractivity contribution in [2.75, 3.05) is 38.2 Å². The fourth-order valence-corrected chi connectivity index (χ4v) is 4.28. The number of hydrogen-bond acceptors (Lipinski definition) is 6. The Labute approximate surface area is 173 Å². The van der Waals surface area contributed by atoms with Crippen LogP contribution in [-0.4, -0.2) is 55.2 Å². The second-order valence-electron chi connectivity index (χ2n) is 6.73. The molecule has 29 heavy (non-hydrogen) atoms. The minimum absolute atomic E-state index is 0.215. The Morgan fingerprint density at radius 2 is 1.66 bits per heavy atom. The Balaban J connectivity index is 1.38. The monoisotopic (exact) mass is 407 g/mol. The van der Waals surface area contributed by atoms with Gasteiger partial charge in [0.15, 0.2) is 5.17 Å². The molecule has 0 aromatic heterocycles. The summed E-state index contributed by atoms with van der Waals surface area (Å²) in [5.74, 6) is -0.594. The van der Waals surface area contributed by atoms with E-state index in [2.05, 4.69) is 26.9 Å². The van der Waals surface area contributed by atoms with Crippen LogP contribution in [0.15, 0.2) is 64.5 Å². The van der Waals surface area contributed by atoms with Crippen LogP contribution in [0.25, 0.3) is 6.08 Å². The summed E-state index contributed by atoms with van der Waals surface area (Å²) in [5.41, 5.74) is 2.55. The highest BCUT2D eigenvalue weighted by Crippen LogP contribution is 2.31. The smallest absolute Gasteiger partial charge is 0.337 e. The number of aliphatic imine (C=N–C) groups is 1. The Bertz CT molecular complexity index is 963.